The number of halogens is 1. The molecule has 2 N–H and O–H groups in total. The minimum absolute atomic E-state index is 0.0182. The van der Waals surface area contributed by atoms with Crippen LogP contribution in [0.5, 0.6) is 5.75 Å². The number of benzene rings is 2. The van der Waals surface area contributed by atoms with Crippen molar-refractivity contribution in [1.82, 2.24) is 10.4 Å². The molecule has 164 valence electrons. The van der Waals surface area contributed by atoms with Crippen LogP contribution >= 0.6 is 11.6 Å². The van der Waals surface area contributed by atoms with Crippen molar-refractivity contribution in [2.75, 3.05) is 19.7 Å². The first-order chi connectivity index (χ1) is 14.8. The van der Waals surface area contributed by atoms with Crippen molar-refractivity contribution in [2.24, 2.45) is 0 Å². The molecular formula is C22H23ClN2O5S. The standard InChI is InChI=1S/C22H23ClN2O5S/c1-2-15-30-19-7-9-20(10-8-19)31(28,29)22(21(26)24-27)11-13-25(14-12-22)16-17-3-5-18(23)6-4-17/h1,3-10,27H,11-16H2,(H,24,26). The van der Waals surface area contributed by atoms with Crippen molar-refractivity contribution in [1.29, 1.82) is 0 Å². The number of ether oxygens (including phenoxy) is 1. The average Bonchev–Trinajstić information content (AvgIpc) is 2.79. The van der Waals surface area contributed by atoms with Gasteiger partial charge in [-0.2, -0.15) is 0 Å². The topological polar surface area (TPSA) is 95.9 Å². The van der Waals surface area contributed by atoms with Gasteiger partial charge in [-0.15, -0.1) is 6.42 Å². The lowest BCUT2D eigenvalue weighted by Crippen LogP contribution is -2.57. The number of piperidine rings is 1. The molecule has 31 heavy (non-hydrogen) atoms. The summed E-state index contributed by atoms with van der Waals surface area (Å²) in [5.41, 5.74) is 2.60. The Morgan fingerprint density at radius 2 is 1.77 bits per heavy atom. The molecule has 0 unspecified atom stereocenters. The third-order valence-electron chi connectivity index (χ3n) is 5.47. The number of carbonyl (C=O) groups excluding carboxylic acids is 1. The van der Waals surface area contributed by atoms with Gasteiger partial charge in [0.15, 0.2) is 14.6 Å². The number of terminal acetylenes is 1. The van der Waals surface area contributed by atoms with Crippen molar-refractivity contribution in [2.45, 2.75) is 29.0 Å². The molecule has 2 aromatic carbocycles. The number of hydroxylamine groups is 1. The Hall–Kier alpha value is -2.57. The second-order valence-corrected chi connectivity index (χ2v) is 10.0. The predicted molar refractivity (Wildman–Crippen MR) is 117 cm³/mol. The van der Waals surface area contributed by atoms with E-state index in [0.717, 1.165) is 5.56 Å². The van der Waals surface area contributed by atoms with Gasteiger partial charge < -0.3 is 4.74 Å². The number of hydrogen-bond donors (Lipinski definition) is 2. The number of carbonyl (C=O) groups is 1. The summed E-state index contributed by atoms with van der Waals surface area (Å²) in [6.07, 6.45) is 5.25. The SMILES string of the molecule is C#CCOc1ccc(S(=O)(=O)C2(C(=O)NO)CCN(Cc3ccc(Cl)cc3)CC2)cc1. The van der Waals surface area contributed by atoms with Crippen molar-refractivity contribution in [3.05, 3.63) is 59.1 Å². The lowest BCUT2D eigenvalue weighted by molar-refractivity contribution is -0.133. The Bertz CT molecular complexity index is 1050. The fraction of sp³-hybridized carbons (Fsp3) is 0.318. The molecule has 0 bridgehead atoms. The molecule has 0 atom stereocenters. The molecule has 0 spiro atoms. The van der Waals surface area contributed by atoms with Crippen LogP contribution in [0.15, 0.2) is 53.4 Å². The third kappa shape index (κ3) is 4.86. The summed E-state index contributed by atoms with van der Waals surface area (Å²) < 4.78 is 30.4. The molecule has 0 saturated carbocycles. The molecule has 1 fully saturated rings. The molecule has 0 aromatic heterocycles. The summed E-state index contributed by atoms with van der Waals surface area (Å²) in [5, 5.41) is 9.94. The van der Waals surface area contributed by atoms with Crippen LogP contribution < -0.4 is 10.2 Å². The Balaban J connectivity index is 1.80. The molecule has 7 nitrogen and oxygen atoms in total. The van der Waals surface area contributed by atoms with Gasteiger partial charge in [0, 0.05) is 24.7 Å². The first kappa shape index (κ1) is 23.1. The predicted octanol–water partition coefficient (Wildman–Crippen LogP) is 2.67. The number of nitrogens with zero attached hydrogens (tertiary/aromatic N) is 1. The van der Waals surface area contributed by atoms with Crippen LogP contribution in [0.4, 0.5) is 0 Å². The molecule has 9 heteroatoms. The zero-order valence-electron chi connectivity index (χ0n) is 16.8. The number of nitrogens with one attached hydrogen (secondary N) is 1. The zero-order chi connectivity index (χ0) is 22.5. The lowest BCUT2D eigenvalue weighted by atomic mass is 9.94. The van der Waals surface area contributed by atoms with Crippen LogP contribution in [-0.4, -0.2) is 48.9 Å². The largest absolute Gasteiger partial charge is 0.481 e. The van der Waals surface area contributed by atoms with Crippen LogP contribution in [0, 0.1) is 12.3 Å². The summed E-state index contributed by atoms with van der Waals surface area (Å²) >= 11 is 5.92. The van der Waals surface area contributed by atoms with Gasteiger partial charge in [-0.05, 0) is 54.8 Å². The molecular weight excluding hydrogens is 440 g/mol. The van der Waals surface area contributed by atoms with Crippen molar-refractivity contribution >= 4 is 27.3 Å². The molecule has 1 saturated heterocycles. The molecule has 0 radical (unpaired) electrons. The highest BCUT2D eigenvalue weighted by atomic mass is 35.5. The van der Waals surface area contributed by atoms with E-state index in [4.69, 9.17) is 22.8 Å². The molecule has 1 heterocycles. The summed E-state index contributed by atoms with van der Waals surface area (Å²) in [4.78, 5) is 14.6. The molecule has 2 aromatic rings. The van der Waals surface area contributed by atoms with Crippen LogP contribution in [0.25, 0.3) is 0 Å². The monoisotopic (exact) mass is 462 g/mol. The van der Waals surface area contributed by atoms with Gasteiger partial charge >= 0.3 is 0 Å². The summed E-state index contributed by atoms with van der Waals surface area (Å²) in [6.45, 7) is 1.42. The summed E-state index contributed by atoms with van der Waals surface area (Å²) in [7, 11) is -4.09. The van der Waals surface area contributed by atoms with Gasteiger partial charge in [0.2, 0.25) is 0 Å². The first-order valence-corrected chi connectivity index (χ1v) is 11.5. The van der Waals surface area contributed by atoms with Gasteiger partial charge in [0.25, 0.3) is 5.91 Å². The molecule has 1 amide bonds. The maximum Gasteiger partial charge on any atom is 0.265 e. The summed E-state index contributed by atoms with van der Waals surface area (Å²) in [5.74, 6) is 1.83. The van der Waals surface area contributed by atoms with Gasteiger partial charge in [0.1, 0.15) is 12.4 Å². The van der Waals surface area contributed by atoms with Gasteiger partial charge in [-0.1, -0.05) is 29.7 Å². The zero-order valence-corrected chi connectivity index (χ0v) is 18.3. The average molecular weight is 463 g/mol. The maximum absolute atomic E-state index is 13.5. The van der Waals surface area contributed by atoms with E-state index in [1.54, 1.807) is 17.6 Å². The number of hydrogen-bond acceptors (Lipinski definition) is 6. The van der Waals surface area contributed by atoms with Crippen molar-refractivity contribution in [3.63, 3.8) is 0 Å². The highest BCUT2D eigenvalue weighted by Gasteiger charge is 2.52. The normalized spacial score (nSPS) is 16.3. The van der Waals surface area contributed by atoms with Crippen LogP contribution in [-0.2, 0) is 21.2 Å². The molecule has 0 aliphatic carbocycles. The number of likely N-dealkylation sites (tertiary alicyclic amines) is 1. The number of sulfone groups is 1. The van der Waals surface area contributed by atoms with Crippen LogP contribution in [0.1, 0.15) is 18.4 Å². The Labute approximate surface area is 186 Å². The van der Waals surface area contributed by atoms with E-state index in [2.05, 4.69) is 10.8 Å². The van der Waals surface area contributed by atoms with E-state index in [1.165, 1.54) is 24.3 Å². The second kappa shape index (κ2) is 9.71. The maximum atomic E-state index is 13.5. The van der Waals surface area contributed by atoms with E-state index < -0.39 is 20.5 Å². The van der Waals surface area contributed by atoms with E-state index in [-0.39, 0.29) is 24.3 Å². The van der Waals surface area contributed by atoms with Gasteiger partial charge in [0.05, 0.1) is 4.90 Å². The highest BCUT2D eigenvalue weighted by molar-refractivity contribution is 7.93. The Morgan fingerprint density at radius 1 is 1.16 bits per heavy atom. The third-order valence-corrected chi connectivity index (χ3v) is 8.24. The number of rotatable bonds is 7. The van der Waals surface area contributed by atoms with Crippen molar-refractivity contribution in [3.8, 4) is 18.1 Å². The fourth-order valence-corrected chi connectivity index (χ4v) is 5.79. The van der Waals surface area contributed by atoms with Crippen molar-refractivity contribution < 1.29 is 23.2 Å². The summed E-state index contributed by atoms with van der Waals surface area (Å²) in [6, 6.07) is 13.2. The minimum Gasteiger partial charge on any atom is -0.481 e. The molecule has 1 aliphatic rings. The number of amides is 1. The van der Waals surface area contributed by atoms with Gasteiger partial charge in [-0.25, -0.2) is 13.9 Å². The fourth-order valence-electron chi connectivity index (χ4n) is 3.71. The molecule has 1 aliphatic heterocycles. The van der Waals surface area contributed by atoms with Gasteiger partial charge in [-0.3, -0.25) is 14.9 Å². The van der Waals surface area contributed by atoms with E-state index in [9.17, 15) is 18.4 Å². The van der Waals surface area contributed by atoms with Crippen LogP contribution in [0.2, 0.25) is 5.02 Å². The minimum atomic E-state index is -4.09. The van der Waals surface area contributed by atoms with E-state index in [0.29, 0.717) is 30.4 Å². The lowest BCUT2D eigenvalue weighted by Gasteiger charge is -2.39. The second-order valence-electron chi connectivity index (χ2n) is 7.31. The Kier molecular flexibility index (Phi) is 7.23. The Morgan fingerprint density at radius 3 is 2.32 bits per heavy atom. The highest BCUT2D eigenvalue weighted by Crippen LogP contribution is 2.37. The molecule has 3 rings (SSSR count). The first-order valence-electron chi connectivity index (χ1n) is 9.65. The van der Waals surface area contributed by atoms with Crippen LogP contribution in [0.3, 0.4) is 0 Å². The van der Waals surface area contributed by atoms with E-state index in [1.807, 2.05) is 12.1 Å². The van der Waals surface area contributed by atoms with E-state index >= 15 is 0 Å². The smallest absolute Gasteiger partial charge is 0.265 e. The quantitative estimate of drug-likeness (QED) is 0.373.